The summed E-state index contributed by atoms with van der Waals surface area (Å²) in [5.41, 5.74) is -1.81. The number of alkyl halides is 3. The van der Waals surface area contributed by atoms with Gasteiger partial charge in [-0.1, -0.05) is 0 Å². The average molecular weight is 311 g/mol. The van der Waals surface area contributed by atoms with Crippen LogP contribution >= 0.6 is 15.9 Å². The molecule has 1 aromatic heterocycles. The fourth-order valence-corrected chi connectivity index (χ4v) is 2.16. The number of nitrogens with one attached hydrogen (secondary N) is 1. The largest absolute Gasteiger partial charge is 0.411 e. The molecule has 3 nitrogen and oxygen atoms in total. The fraction of sp³-hybridized carbons (Fsp3) is 0.500. The summed E-state index contributed by atoms with van der Waals surface area (Å²) < 4.78 is 40.1. The number of aromatic nitrogens is 1. The summed E-state index contributed by atoms with van der Waals surface area (Å²) >= 11 is 3.16. The highest BCUT2D eigenvalue weighted by Gasteiger charge is 2.64. The van der Waals surface area contributed by atoms with Gasteiger partial charge in [0.05, 0.1) is 0 Å². The molecule has 7 heteroatoms. The summed E-state index contributed by atoms with van der Waals surface area (Å²) in [6.45, 7) is 0. The first-order valence-electron chi connectivity index (χ1n) is 4.96. The summed E-state index contributed by atoms with van der Waals surface area (Å²) in [6, 6.07) is 1.49. The normalized spacial score (nSPS) is 17.9. The molecule has 0 aromatic carbocycles. The lowest BCUT2D eigenvalue weighted by molar-refractivity contribution is -0.163. The summed E-state index contributed by atoms with van der Waals surface area (Å²) in [6.07, 6.45) is -2.87. The van der Waals surface area contributed by atoms with Gasteiger partial charge in [-0.15, -0.1) is 0 Å². The third kappa shape index (κ3) is 2.20. The first-order valence-corrected chi connectivity index (χ1v) is 5.76. The second-order valence-corrected chi connectivity index (χ2v) is 5.10. The number of aryl methyl sites for hydroxylation is 1. The van der Waals surface area contributed by atoms with E-state index in [4.69, 9.17) is 0 Å². The van der Waals surface area contributed by atoms with E-state index in [1.54, 1.807) is 13.2 Å². The molecule has 1 aliphatic rings. The van der Waals surface area contributed by atoms with Crippen LogP contribution < -0.4 is 5.32 Å². The topological polar surface area (TPSA) is 34.0 Å². The minimum Gasteiger partial charge on any atom is -0.345 e. The Morgan fingerprint density at radius 1 is 1.53 bits per heavy atom. The van der Waals surface area contributed by atoms with E-state index in [2.05, 4.69) is 21.2 Å². The Morgan fingerprint density at radius 3 is 2.47 bits per heavy atom. The van der Waals surface area contributed by atoms with Crippen LogP contribution in [0.2, 0.25) is 0 Å². The number of nitrogens with zero attached hydrogens (tertiary/aromatic N) is 1. The van der Waals surface area contributed by atoms with Crippen LogP contribution in [0, 0.1) is 0 Å². The first-order chi connectivity index (χ1) is 7.75. The molecule has 1 fully saturated rings. The molecule has 0 spiro atoms. The monoisotopic (exact) mass is 310 g/mol. The number of hydrogen-bond donors (Lipinski definition) is 1. The molecule has 0 unspecified atom stereocenters. The molecule has 94 valence electrons. The van der Waals surface area contributed by atoms with Crippen LogP contribution in [0.25, 0.3) is 0 Å². The highest BCUT2D eigenvalue weighted by molar-refractivity contribution is 9.10. The Morgan fingerprint density at radius 2 is 2.12 bits per heavy atom. The van der Waals surface area contributed by atoms with Crippen molar-refractivity contribution in [1.82, 2.24) is 9.88 Å². The maximum absolute atomic E-state index is 12.6. The van der Waals surface area contributed by atoms with Crippen LogP contribution in [-0.2, 0) is 7.05 Å². The zero-order valence-corrected chi connectivity index (χ0v) is 10.5. The summed E-state index contributed by atoms with van der Waals surface area (Å²) in [5, 5.41) is 2.07. The molecule has 1 N–H and O–H groups in total. The minimum absolute atomic E-state index is 0.0478. The van der Waals surface area contributed by atoms with E-state index in [0.29, 0.717) is 4.47 Å². The average Bonchev–Trinajstić information content (AvgIpc) is 2.86. The van der Waals surface area contributed by atoms with Crippen LogP contribution in [0.4, 0.5) is 13.2 Å². The quantitative estimate of drug-likeness (QED) is 0.895. The van der Waals surface area contributed by atoms with E-state index in [1.807, 2.05) is 0 Å². The van der Waals surface area contributed by atoms with E-state index in [9.17, 15) is 18.0 Å². The standard InChI is InChI=1S/C10H10BrF3N2O/c1-16-5-6(11)4-7(16)8(17)15-9(2-3-9)10(12,13)14/h4-5H,2-3H2,1H3,(H,15,17). The minimum atomic E-state index is -4.38. The van der Waals surface area contributed by atoms with Gasteiger partial charge in [-0.05, 0) is 34.8 Å². The van der Waals surface area contributed by atoms with Crippen molar-refractivity contribution in [3.8, 4) is 0 Å². The Labute approximate surface area is 104 Å². The summed E-state index contributed by atoms with van der Waals surface area (Å²) in [4.78, 5) is 11.7. The molecule has 0 aliphatic heterocycles. The number of halogens is 4. The van der Waals surface area contributed by atoms with Gasteiger partial charge in [0.2, 0.25) is 0 Å². The first kappa shape index (κ1) is 12.5. The fourth-order valence-electron chi connectivity index (χ4n) is 1.64. The molecular weight excluding hydrogens is 301 g/mol. The van der Waals surface area contributed by atoms with Crippen molar-refractivity contribution in [3.63, 3.8) is 0 Å². The van der Waals surface area contributed by atoms with Gasteiger partial charge in [0, 0.05) is 17.7 Å². The summed E-state index contributed by atoms with van der Waals surface area (Å²) in [7, 11) is 1.60. The molecule has 0 radical (unpaired) electrons. The molecular formula is C10H10BrF3N2O. The molecule has 17 heavy (non-hydrogen) atoms. The maximum atomic E-state index is 12.6. The predicted molar refractivity (Wildman–Crippen MR) is 58.6 cm³/mol. The van der Waals surface area contributed by atoms with E-state index in [-0.39, 0.29) is 18.5 Å². The Bertz CT molecular complexity index is 463. The zero-order valence-electron chi connectivity index (χ0n) is 8.94. The SMILES string of the molecule is Cn1cc(Br)cc1C(=O)NC1(C(F)(F)F)CC1. The highest BCUT2D eigenvalue weighted by Crippen LogP contribution is 2.49. The van der Waals surface area contributed by atoms with Gasteiger partial charge in [-0.25, -0.2) is 0 Å². The molecule has 2 rings (SSSR count). The molecule has 1 aliphatic carbocycles. The van der Waals surface area contributed by atoms with Gasteiger partial charge in [0.1, 0.15) is 11.2 Å². The lowest BCUT2D eigenvalue weighted by atomic mass is 10.2. The van der Waals surface area contributed by atoms with Crippen molar-refractivity contribution in [2.75, 3.05) is 0 Å². The molecule has 1 amide bonds. The molecule has 0 atom stereocenters. The molecule has 1 heterocycles. The number of carbonyl (C=O) groups is 1. The lowest BCUT2D eigenvalue weighted by Crippen LogP contribution is -2.48. The zero-order chi connectivity index (χ0) is 12.8. The summed E-state index contributed by atoms with van der Waals surface area (Å²) in [5.74, 6) is -0.701. The van der Waals surface area contributed by atoms with Crippen molar-refractivity contribution < 1.29 is 18.0 Å². The van der Waals surface area contributed by atoms with Crippen LogP contribution in [0.3, 0.4) is 0 Å². The lowest BCUT2D eigenvalue weighted by Gasteiger charge is -2.20. The van der Waals surface area contributed by atoms with Gasteiger partial charge in [0.25, 0.3) is 5.91 Å². The molecule has 0 saturated heterocycles. The van der Waals surface area contributed by atoms with Gasteiger partial charge in [-0.2, -0.15) is 13.2 Å². The second-order valence-electron chi connectivity index (χ2n) is 4.19. The Hall–Kier alpha value is -0.980. The van der Waals surface area contributed by atoms with E-state index >= 15 is 0 Å². The Kier molecular flexibility index (Phi) is 2.76. The van der Waals surface area contributed by atoms with Crippen LogP contribution in [-0.4, -0.2) is 22.2 Å². The van der Waals surface area contributed by atoms with Gasteiger partial charge in [0.15, 0.2) is 0 Å². The van der Waals surface area contributed by atoms with Crippen LogP contribution in [0.15, 0.2) is 16.7 Å². The third-order valence-corrected chi connectivity index (χ3v) is 3.28. The van der Waals surface area contributed by atoms with Crippen molar-refractivity contribution in [1.29, 1.82) is 0 Å². The second kappa shape index (κ2) is 3.76. The maximum Gasteiger partial charge on any atom is 0.411 e. The Balaban J connectivity index is 2.16. The van der Waals surface area contributed by atoms with Crippen LogP contribution in [0.1, 0.15) is 23.3 Å². The molecule has 1 saturated carbocycles. The van der Waals surface area contributed by atoms with Crippen molar-refractivity contribution in [2.24, 2.45) is 7.05 Å². The van der Waals surface area contributed by atoms with Crippen LogP contribution in [0.5, 0.6) is 0 Å². The van der Waals surface area contributed by atoms with Gasteiger partial charge < -0.3 is 9.88 Å². The number of amides is 1. The molecule has 0 bridgehead atoms. The van der Waals surface area contributed by atoms with Crippen molar-refractivity contribution in [2.45, 2.75) is 24.6 Å². The third-order valence-electron chi connectivity index (χ3n) is 2.85. The number of rotatable bonds is 2. The highest BCUT2D eigenvalue weighted by atomic mass is 79.9. The predicted octanol–water partition coefficient (Wildman–Crippen LogP) is 2.61. The van der Waals surface area contributed by atoms with Gasteiger partial charge >= 0.3 is 6.18 Å². The number of hydrogen-bond acceptors (Lipinski definition) is 1. The number of carbonyl (C=O) groups excluding carboxylic acids is 1. The van der Waals surface area contributed by atoms with Crippen molar-refractivity contribution >= 4 is 21.8 Å². The van der Waals surface area contributed by atoms with E-state index < -0.39 is 17.6 Å². The van der Waals surface area contributed by atoms with Gasteiger partial charge in [-0.3, -0.25) is 4.79 Å². The van der Waals surface area contributed by atoms with E-state index in [1.165, 1.54) is 10.6 Å². The van der Waals surface area contributed by atoms with E-state index in [0.717, 1.165) is 0 Å². The smallest absolute Gasteiger partial charge is 0.345 e. The van der Waals surface area contributed by atoms with Crippen molar-refractivity contribution in [3.05, 3.63) is 22.4 Å². The molecule has 1 aromatic rings.